The van der Waals surface area contributed by atoms with Crippen molar-refractivity contribution in [3.05, 3.63) is 22.7 Å². The summed E-state index contributed by atoms with van der Waals surface area (Å²) in [4.78, 5) is 11.5. The van der Waals surface area contributed by atoms with E-state index >= 15 is 0 Å². The third-order valence-electron chi connectivity index (χ3n) is 3.46. The lowest BCUT2D eigenvalue weighted by atomic mass is 10.1. The van der Waals surface area contributed by atoms with Crippen molar-refractivity contribution in [1.29, 1.82) is 0 Å². The fourth-order valence-electron chi connectivity index (χ4n) is 2.53. The number of carbonyl (C=O) groups excluding carboxylic acids is 1. The molecule has 2 unspecified atom stereocenters. The average molecular weight is 300 g/mol. The number of benzene rings is 1. The van der Waals surface area contributed by atoms with Crippen LogP contribution in [0.4, 0.5) is 11.4 Å². The minimum absolute atomic E-state index is 0.314. The van der Waals surface area contributed by atoms with Crippen LogP contribution in [0.5, 0.6) is 0 Å². The topological polar surface area (TPSA) is 81.1 Å². The second-order valence-electron chi connectivity index (χ2n) is 4.75. The van der Waals surface area contributed by atoms with Gasteiger partial charge in [0.05, 0.1) is 16.3 Å². The van der Waals surface area contributed by atoms with E-state index in [0.29, 0.717) is 33.3 Å². The summed E-state index contributed by atoms with van der Waals surface area (Å²) in [6.45, 7) is 0. The number of nitrogens with one attached hydrogen (secondary N) is 1. The number of anilines is 2. The Balaban J connectivity index is 2.31. The van der Waals surface area contributed by atoms with Gasteiger partial charge in [0.15, 0.2) is 0 Å². The van der Waals surface area contributed by atoms with Gasteiger partial charge in [0.25, 0.3) is 5.91 Å². The SMILES string of the molecule is CSC1CCCC1Nc1c(Cl)cc(N)cc1C(N)=O. The Morgan fingerprint density at radius 3 is 2.84 bits per heavy atom. The van der Waals surface area contributed by atoms with E-state index in [4.69, 9.17) is 23.1 Å². The average Bonchev–Trinajstić information content (AvgIpc) is 2.79. The van der Waals surface area contributed by atoms with E-state index in [1.165, 1.54) is 12.8 Å². The monoisotopic (exact) mass is 299 g/mol. The minimum atomic E-state index is -0.518. The highest BCUT2D eigenvalue weighted by Crippen LogP contribution is 2.35. The zero-order valence-corrected chi connectivity index (χ0v) is 12.4. The molecule has 1 saturated carbocycles. The number of rotatable bonds is 4. The molecule has 1 aromatic carbocycles. The van der Waals surface area contributed by atoms with Crippen LogP contribution in [0.2, 0.25) is 5.02 Å². The lowest BCUT2D eigenvalue weighted by Crippen LogP contribution is -2.27. The minimum Gasteiger partial charge on any atom is -0.399 e. The van der Waals surface area contributed by atoms with Crippen molar-refractivity contribution in [3.63, 3.8) is 0 Å². The first-order valence-corrected chi connectivity index (χ1v) is 7.87. The van der Waals surface area contributed by atoms with Gasteiger partial charge in [-0.3, -0.25) is 4.79 Å². The number of hydrogen-bond donors (Lipinski definition) is 3. The fraction of sp³-hybridized carbons (Fsp3) is 0.462. The lowest BCUT2D eigenvalue weighted by Gasteiger charge is -2.22. The zero-order valence-electron chi connectivity index (χ0n) is 10.8. The molecule has 1 aliphatic rings. The Morgan fingerprint density at radius 1 is 1.47 bits per heavy atom. The Kier molecular flexibility index (Phi) is 4.47. The number of thioether (sulfide) groups is 1. The van der Waals surface area contributed by atoms with Gasteiger partial charge in [0.1, 0.15) is 0 Å². The van der Waals surface area contributed by atoms with E-state index in [0.717, 1.165) is 6.42 Å². The standard InChI is InChI=1S/C13H18ClN3OS/c1-19-11-4-2-3-10(11)17-12-8(13(16)18)5-7(15)6-9(12)14/h5-6,10-11,17H,2-4,15H2,1H3,(H2,16,18). The first kappa shape index (κ1) is 14.3. The molecule has 2 rings (SSSR count). The summed E-state index contributed by atoms with van der Waals surface area (Å²) in [6.07, 6.45) is 5.54. The number of carbonyl (C=O) groups is 1. The molecular weight excluding hydrogens is 282 g/mol. The van der Waals surface area contributed by atoms with E-state index in [2.05, 4.69) is 11.6 Å². The first-order chi connectivity index (χ1) is 9.02. The Morgan fingerprint density at radius 2 is 2.21 bits per heavy atom. The number of nitrogen functional groups attached to an aromatic ring is 1. The van der Waals surface area contributed by atoms with Crippen molar-refractivity contribution in [2.45, 2.75) is 30.6 Å². The van der Waals surface area contributed by atoms with Crippen LogP contribution in [0, 0.1) is 0 Å². The molecule has 0 radical (unpaired) electrons. The molecule has 0 aliphatic heterocycles. The van der Waals surface area contributed by atoms with Crippen molar-refractivity contribution >= 4 is 40.6 Å². The molecule has 2 atom stereocenters. The quantitative estimate of drug-likeness (QED) is 0.747. The molecule has 0 saturated heterocycles. The van der Waals surface area contributed by atoms with Gasteiger partial charge in [-0.25, -0.2) is 0 Å². The maximum atomic E-state index is 11.5. The molecule has 0 heterocycles. The predicted molar refractivity (Wildman–Crippen MR) is 82.9 cm³/mol. The highest BCUT2D eigenvalue weighted by Gasteiger charge is 2.28. The summed E-state index contributed by atoms with van der Waals surface area (Å²) in [5, 5.41) is 4.36. The zero-order chi connectivity index (χ0) is 14.0. The molecule has 1 aromatic rings. The molecule has 5 N–H and O–H groups in total. The van der Waals surface area contributed by atoms with Crippen LogP contribution in [0.1, 0.15) is 29.6 Å². The van der Waals surface area contributed by atoms with Crippen molar-refractivity contribution in [1.82, 2.24) is 0 Å². The van der Waals surface area contributed by atoms with Gasteiger partial charge in [-0.05, 0) is 31.2 Å². The maximum Gasteiger partial charge on any atom is 0.250 e. The summed E-state index contributed by atoms with van der Waals surface area (Å²) < 4.78 is 0. The molecule has 0 bridgehead atoms. The molecule has 19 heavy (non-hydrogen) atoms. The highest BCUT2D eigenvalue weighted by molar-refractivity contribution is 7.99. The smallest absolute Gasteiger partial charge is 0.250 e. The van der Waals surface area contributed by atoms with Crippen LogP contribution in [-0.4, -0.2) is 23.5 Å². The lowest BCUT2D eigenvalue weighted by molar-refractivity contribution is 0.100. The second-order valence-corrected chi connectivity index (χ2v) is 6.23. The predicted octanol–water partition coefficient (Wildman–Crippen LogP) is 2.72. The van der Waals surface area contributed by atoms with E-state index in [1.807, 2.05) is 11.8 Å². The maximum absolute atomic E-state index is 11.5. The second kappa shape index (κ2) is 5.92. The Bertz CT molecular complexity index is 495. The number of nitrogens with two attached hydrogens (primary N) is 2. The number of amides is 1. The van der Waals surface area contributed by atoms with Crippen LogP contribution < -0.4 is 16.8 Å². The number of hydrogen-bond acceptors (Lipinski definition) is 4. The first-order valence-electron chi connectivity index (χ1n) is 6.21. The molecule has 0 spiro atoms. The molecule has 0 aromatic heterocycles. The van der Waals surface area contributed by atoms with Gasteiger partial charge in [0.2, 0.25) is 0 Å². The van der Waals surface area contributed by atoms with Crippen molar-refractivity contribution in [3.8, 4) is 0 Å². The molecular formula is C13H18ClN3OS. The van der Waals surface area contributed by atoms with Crippen LogP contribution in [-0.2, 0) is 0 Å². The van der Waals surface area contributed by atoms with Crippen molar-refractivity contribution in [2.24, 2.45) is 5.73 Å². The molecule has 1 fully saturated rings. The largest absolute Gasteiger partial charge is 0.399 e. The summed E-state index contributed by atoms with van der Waals surface area (Å²) in [6, 6.07) is 3.52. The van der Waals surface area contributed by atoms with Crippen molar-refractivity contribution < 1.29 is 4.79 Å². The molecule has 4 nitrogen and oxygen atoms in total. The van der Waals surface area contributed by atoms with Crippen LogP contribution in [0.3, 0.4) is 0 Å². The normalized spacial score (nSPS) is 22.4. The van der Waals surface area contributed by atoms with Crippen LogP contribution in [0.15, 0.2) is 12.1 Å². The van der Waals surface area contributed by atoms with Crippen molar-refractivity contribution in [2.75, 3.05) is 17.3 Å². The summed E-state index contributed by atoms with van der Waals surface area (Å²) in [5.41, 5.74) is 12.5. The van der Waals surface area contributed by atoms with Gasteiger partial charge in [0, 0.05) is 17.0 Å². The van der Waals surface area contributed by atoms with Gasteiger partial charge in [-0.15, -0.1) is 0 Å². The molecule has 6 heteroatoms. The number of halogens is 1. The molecule has 104 valence electrons. The van der Waals surface area contributed by atoms with E-state index in [-0.39, 0.29) is 0 Å². The third-order valence-corrected chi connectivity index (χ3v) is 4.93. The Hall–Kier alpha value is -1.07. The summed E-state index contributed by atoms with van der Waals surface area (Å²) >= 11 is 8.03. The molecule has 1 aliphatic carbocycles. The summed E-state index contributed by atoms with van der Waals surface area (Å²) in [7, 11) is 0. The summed E-state index contributed by atoms with van der Waals surface area (Å²) in [5.74, 6) is -0.518. The molecule has 1 amide bonds. The van der Waals surface area contributed by atoms with Gasteiger partial charge in [-0.2, -0.15) is 11.8 Å². The van der Waals surface area contributed by atoms with Gasteiger partial charge >= 0.3 is 0 Å². The van der Waals surface area contributed by atoms with Crippen LogP contribution >= 0.6 is 23.4 Å². The van der Waals surface area contributed by atoms with E-state index in [9.17, 15) is 4.79 Å². The Labute approximate surface area is 122 Å². The van der Waals surface area contributed by atoms with Crippen LogP contribution in [0.25, 0.3) is 0 Å². The fourth-order valence-corrected chi connectivity index (χ4v) is 3.74. The number of primary amides is 1. The third kappa shape index (κ3) is 3.09. The van der Waals surface area contributed by atoms with Gasteiger partial charge < -0.3 is 16.8 Å². The van der Waals surface area contributed by atoms with E-state index < -0.39 is 5.91 Å². The highest BCUT2D eigenvalue weighted by atomic mass is 35.5. The van der Waals surface area contributed by atoms with Gasteiger partial charge in [-0.1, -0.05) is 18.0 Å². The van der Waals surface area contributed by atoms with E-state index in [1.54, 1.807) is 12.1 Å².